The number of carbonyl (C=O) groups excluding carboxylic acids is 1. The first-order valence-electron chi connectivity index (χ1n) is 11.4. The molecular formula is C25H24ClF3N6O2. The maximum Gasteiger partial charge on any atom is 0.433 e. The average molecular weight is 533 g/mol. The van der Waals surface area contributed by atoms with E-state index in [1.165, 1.54) is 25.6 Å². The van der Waals surface area contributed by atoms with E-state index in [4.69, 9.17) is 11.6 Å². The molecule has 3 heterocycles. The van der Waals surface area contributed by atoms with E-state index < -0.39 is 18.0 Å². The number of hydrogen-bond acceptors (Lipinski definition) is 5. The maximum absolute atomic E-state index is 14.2. The van der Waals surface area contributed by atoms with Gasteiger partial charge >= 0.3 is 6.18 Å². The monoisotopic (exact) mass is 532 g/mol. The van der Waals surface area contributed by atoms with Crippen LogP contribution in [0.2, 0.25) is 5.02 Å². The van der Waals surface area contributed by atoms with Crippen molar-refractivity contribution in [1.82, 2.24) is 30.0 Å². The number of rotatable bonds is 7. The van der Waals surface area contributed by atoms with Crippen LogP contribution in [0, 0.1) is 0 Å². The Morgan fingerprint density at radius 3 is 2.57 bits per heavy atom. The van der Waals surface area contributed by atoms with Gasteiger partial charge in [-0.2, -0.15) is 18.3 Å². The summed E-state index contributed by atoms with van der Waals surface area (Å²) in [6.45, 7) is 4.67. The zero-order valence-corrected chi connectivity index (χ0v) is 20.9. The van der Waals surface area contributed by atoms with Crippen LogP contribution in [0.1, 0.15) is 36.8 Å². The lowest BCUT2D eigenvalue weighted by atomic mass is 9.96. The molecule has 1 aromatic carbocycles. The number of nitrogens with one attached hydrogen (secondary N) is 2. The van der Waals surface area contributed by atoms with Crippen molar-refractivity contribution in [2.24, 2.45) is 0 Å². The molecule has 0 aliphatic heterocycles. The Morgan fingerprint density at radius 1 is 1.19 bits per heavy atom. The number of halogens is 4. The summed E-state index contributed by atoms with van der Waals surface area (Å²) in [5.41, 5.74) is 0.619. The number of benzene rings is 1. The topological polar surface area (TPSA) is 109 Å². The smallest absolute Gasteiger partial charge is 0.391 e. The first-order chi connectivity index (χ1) is 17.5. The number of aliphatic hydroxyl groups excluding tert-OH is 1. The highest BCUT2D eigenvalue weighted by atomic mass is 35.5. The summed E-state index contributed by atoms with van der Waals surface area (Å²) >= 11 is 6.67. The van der Waals surface area contributed by atoms with E-state index in [-0.39, 0.29) is 40.3 Å². The predicted octanol–water partition coefficient (Wildman–Crippen LogP) is 5.19. The van der Waals surface area contributed by atoms with Gasteiger partial charge in [0, 0.05) is 40.7 Å². The van der Waals surface area contributed by atoms with E-state index >= 15 is 0 Å². The fourth-order valence-electron chi connectivity index (χ4n) is 4.06. The van der Waals surface area contributed by atoms with Gasteiger partial charge in [-0.25, -0.2) is 9.97 Å². The first-order valence-corrected chi connectivity index (χ1v) is 11.8. The average Bonchev–Trinajstić information content (AvgIpc) is 3.43. The number of alkyl halides is 3. The number of carbonyl (C=O) groups is 1. The van der Waals surface area contributed by atoms with Crippen LogP contribution >= 0.6 is 11.6 Å². The van der Waals surface area contributed by atoms with Crippen molar-refractivity contribution in [2.45, 2.75) is 45.6 Å². The van der Waals surface area contributed by atoms with Crippen LogP contribution < -0.4 is 5.32 Å². The summed E-state index contributed by atoms with van der Waals surface area (Å²) in [6.07, 6.45) is -0.442. The highest BCUT2D eigenvalue weighted by Crippen LogP contribution is 2.45. The third-order valence-corrected chi connectivity index (χ3v) is 5.89. The van der Waals surface area contributed by atoms with E-state index in [1.54, 1.807) is 24.3 Å². The van der Waals surface area contributed by atoms with E-state index in [0.717, 1.165) is 10.9 Å². The third-order valence-electron chi connectivity index (χ3n) is 5.49. The predicted molar refractivity (Wildman–Crippen MR) is 133 cm³/mol. The minimum absolute atomic E-state index is 0.103. The Bertz CT molecular complexity index is 1410. The minimum Gasteiger partial charge on any atom is -0.391 e. The fraction of sp³-hybridized carbons (Fsp3) is 0.280. The number of amides is 1. The van der Waals surface area contributed by atoms with Crippen LogP contribution in [-0.2, 0) is 12.7 Å². The summed E-state index contributed by atoms with van der Waals surface area (Å²) in [7, 11) is 0. The molecular weight excluding hydrogens is 509 g/mol. The van der Waals surface area contributed by atoms with Gasteiger partial charge in [0.2, 0.25) is 0 Å². The first kappa shape index (κ1) is 26.4. The molecule has 1 atom stereocenters. The molecule has 8 nitrogen and oxygen atoms in total. The van der Waals surface area contributed by atoms with Crippen LogP contribution in [0.25, 0.3) is 33.6 Å². The SMILES string of the molecule is CC(C)NC(=O)c1cccc(-c2c[nH]c(-c3cnn(C[C@@H](C)O)c3C(F)(F)F)c2-c2ccncn2)c1Cl. The molecule has 3 aromatic heterocycles. The number of hydrogen-bond donors (Lipinski definition) is 3. The molecule has 4 aromatic rings. The van der Waals surface area contributed by atoms with E-state index in [0.29, 0.717) is 22.4 Å². The number of aliphatic hydroxyl groups is 1. The van der Waals surface area contributed by atoms with E-state index in [2.05, 4.69) is 25.4 Å². The van der Waals surface area contributed by atoms with Crippen molar-refractivity contribution < 1.29 is 23.1 Å². The molecule has 0 fully saturated rings. The lowest BCUT2D eigenvalue weighted by Crippen LogP contribution is -2.30. The van der Waals surface area contributed by atoms with Crippen LogP contribution in [0.5, 0.6) is 0 Å². The summed E-state index contributed by atoms with van der Waals surface area (Å²) in [4.78, 5) is 23.8. The van der Waals surface area contributed by atoms with Gasteiger partial charge in [-0.15, -0.1) is 0 Å². The zero-order valence-electron chi connectivity index (χ0n) is 20.1. The van der Waals surface area contributed by atoms with Gasteiger partial charge in [0.15, 0.2) is 5.69 Å². The molecule has 37 heavy (non-hydrogen) atoms. The van der Waals surface area contributed by atoms with Crippen molar-refractivity contribution in [3.63, 3.8) is 0 Å². The van der Waals surface area contributed by atoms with Crippen LogP contribution in [0.3, 0.4) is 0 Å². The van der Waals surface area contributed by atoms with Gasteiger partial charge in [0.1, 0.15) is 6.33 Å². The van der Waals surface area contributed by atoms with Gasteiger partial charge in [0.25, 0.3) is 5.91 Å². The van der Waals surface area contributed by atoms with Crippen molar-refractivity contribution in [3.8, 4) is 33.6 Å². The molecule has 0 spiro atoms. The second-order valence-corrected chi connectivity index (χ2v) is 9.16. The largest absolute Gasteiger partial charge is 0.433 e. The van der Waals surface area contributed by atoms with Crippen molar-refractivity contribution >= 4 is 17.5 Å². The molecule has 0 saturated carbocycles. The van der Waals surface area contributed by atoms with Gasteiger partial charge < -0.3 is 15.4 Å². The minimum atomic E-state index is -4.76. The summed E-state index contributed by atoms with van der Waals surface area (Å²) in [5, 5.41) is 16.6. The normalized spacial score (nSPS) is 12.7. The molecule has 0 bridgehead atoms. The van der Waals surface area contributed by atoms with Gasteiger partial charge in [-0.3, -0.25) is 9.48 Å². The van der Waals surface area contributed by atoms with Crippen LogP contribution in [0.4, 0.5) is 13.2 Å². The molecule has 4 rings (SSSR count). The lowest BCUT2D eigenvalue weighted by molar-refractivity contribution is -0.144. The summed E-state index contributed by atoms with van der Waals surface area (Å²) < 4.78 is 43.3. The van der Waals surface area contributed by atoms with Crippen molar-refractivity contribution in [2.75, 3.05) is 0 Å². The van der Waals surface area contributed by atoms with Crippen LogP contribution in [0.15, 0.2) is 49.2 Å². The standard InChI is InChI=1S/C25H24ClF3N6O2/c1-13(2)34-24(37)16-6-4-5-15(21(16)26)17-9-31-22(20(17)19-7-8-30-12-32-19)18-10-33-35(11-14(3)36)23(18)25(27,28)29/h4-10,12-14,31,36H,11H2,1-3H3,(H,34,37)/t14-/m1/s1. The molecule has 0 radical (unpaired) electrons. The third kappa shape index (κ3) is 5.37. The van der Waals surface area contributed by atoms with E-state index in [1.807, 2.05) is 13.8 Å². The van der Waals surface area contributed by atoms with E-state index in [9.17, 15) is 23.1 Å². The molecule has 12 heteroatoms. The highest BCUT2D eigenvalue weighted by Gasteiger charge is 2.40. The number of H-pyrrole nitrogens is 1. The Balaban J connectivity index is 1.96. The molecule has 0 saturated heterocycles. The molecule has 0 aliphatic rings. The Kier molecular flexibility index (Phi) is 7.37. The number of aromatic nitrogens is 5. The molecule has 0 aliphatic carbocycles. The molecule has 1 amide bonds. The van der Waals surface area contributed by atoms with Crippen molar-refractivity contribution in [1.29, 1.82) is 0 Å². The Hall–Kier alpha value is -3.70. The second kappa shape index (κ2) is 10.3. The van der Waals surface area contributed by atoms with Gasteiger partial charge in [-0.1, -0.05) is 23.7 Å². The highest BCUT2D eigenvalue weighted by molar-refractivity contribution is 6.36. The van der Waals surface area contributed by atoms with Crippen molar-refractivity contribution in [3.05, 3.63) is 65.5 Å². The lowest BCUT2D eigenvalue weighted by Gasteiger charge is -2.15. The second-order valence-electron chi connectivity index (χ2n) is 8.78. The fourth-order valence-corrected chi connectivity index (χ4v) is 4.38. The number of nitrogens with zero attached hydrogens (tertiary/aromatic N) is 4. The Morgan fingerprint density at radius 2 is 1.95 bits per heavy atom. The molecule has 194 valence electrons. The summed E-state index contributed by atoms with van der Waals surface area (Å²) in [5.74, 6) is -0.375. The Labute approximate surface area is 215 Å². The molecule has 0 unspecified atom stereocenters. The molecule has 3 N–H and O–H groups in total. The maximum atomic E-state index is 14.2. The zero-order chi connectivity index (χ0) is 26.9. The van der Waals surface area contributed by atoms with Crippen LogP contribution in [-0.4, -0.2) is 47.9 Å². The quantitative estimate of drug-likeness (QED) is 0.303. The number of aromatic amines is 1. The van der Waals surface area contributed by atoms with Gasteiger partial charge in [-0.05, 0) is 32.9 Å². The summed E-state index contributed by atoms with van der Waals surface area (Å²) in [6, 6.07) is 6.33. The van der Waals surface area contributed by atoms with Gasteiger partial charge in [0.05, 0.1) is 40.8 Å².